The van der Waals surface area contributed by atoms with Gasteiger partial charge in [-0.3, -0.25) is 9.89 Å². The first-order valence-electron chi connectivity index (χ1n) is 8.65. The highest BCUT2D eigenvalue weighted by molar-refractivity contribution is 14.0. The Kier molecular flexibility index (Phi) is 11.9. The zero-order valence-electron chi connectivity index (χ0n) is 15.2. The van der Waals surface area contributed by atoms with Crippen molar-refractivity contribution in [3.63, 3.8) is 0 Å². The number of hydrogen-bond donors (Lipinski definition) is 2. The van der Waals surface area contributed by atoms with Gasteiger partial charge in [-0.25, -0.2) is 0 Å². The van der Waals surface area contributed by atoms with Crippen LogP contribution in [0.3, 0.4) is 0 Å². The van der Waals surface area contributed by atoms with Crippen molar-refractivity contribution in [1.82, 2.24) is 15.5 Å². The molecular weight excluding hydrogens is 435 g/mol. The summed E-state index contributed by atoms with van der Waals surface area (Å²) in [6.07, 6.45) is 2.53. The van der Waals surface area contributed by atoms with E-state index in [2.05, 4.69) is 22.5 Å². The van der Waals surface area contributed by atoms with Gasteiger partial charge in [0.15, 0.2) is 5.96 Å². The molecule has 0 spiro atoms. The second-order valence-electron chi connectivity index (χ2n) is 5.86. The number of halogens is 1. The van der Waals surface area contributed by atoms with Crippen molar-refractivity contribution < 1.29 is 13.9 Å². The molecule has 1 fully saturated rings. The number of morpholine rings is 1. The molecule has 1 aliphatic rings. The largest absolute Gasteiger partial charge is 0.469 e. The summed E-state index contributed by atoms with van der Waals surface area (Å²) >= 11 is 0. The highest BCUT2D eigenvalue weighted by Gasteiger charge is 2.16. The van der Waals surface area contributed by atoms with Gasteiger partial charge in [0.25, 0.3) is 0 Å². The van der Waals surface area contributed by atoms with Crippen LogP contribution in [0.25, 0.3) is 0 Å². The Bertz CT molecular complexity index is 464. The van der Waals surface area contributed by atoms with E-state index in [4.69, 9.17) is 18.9 Å². The molecule has 1 saturated heterocycles. The number of nitrogens with one attached hydrogen (secondary N) is 2. The Morgan fingerprint density at radius 3 is 2.76 bits per heavy atom. The van der Waals surface area contributed by atoms with E-state index < -0.39 is 0 Å². The molecular formula is C17H31IN4O3. The molecule has 2 N–H and O–H groups in total. The third-order valence-electron chi connectivity index (χ3n) is 4.03. The normalized spacial score (nSPS) is 17.0. The maximum absolute atomic E-state index is 5.40. The lowest BCUT2D eigenvalue weighted by molar-refractivity contribution is 0.0220. The number of furan rings is 1. The molecule has 8 heteroatoms. The number of guanidine groups is 1. The molecule has 0 amide bonds. The van der Waals surface area contributed by atoms with Crippen LogP contribution in [0.1, 0.15) is 12.7 Å². The summed E-state index contributed by atoms with van der Waals surface area (Å²) in [4.78, 5) is 7.13. The van der Waals surface area contributed by atoms with Gasteiger partial charge in [0.05, 0.1) is 32.6 Å². The predicted molar refractivity (Wildman–Crippen MR) is 110 cm³/mol. The van der Waals surface area contributed by atoms with Crippen molar-refractivity contribution in [3.8, 4) is 0 Å². The Hall–Kier alpha value is -0.840. The molecule has 1 aliphatic heterocycles. The Morgan fingerprint density at radius 2 is 2.08 bits per heavy atom. The van der Waals surface area contributed by atoms with Gasteiger partial charge in [0.1, 0.15) is 5.76 Å². The van der Waals surface area contributed by atoms with Gasteiger partial charge >= 0.3 is 0 Å². The van der Waals surface area contributed by atoms with E-state index >= 15 is 0 Å². The first-order valence-corrected chi connectivity index (χ1v) is 8.65. The fourth-order valence-corrected chi connectivity index (χ4v) is 2.56. The van der Waals surface area contributed by atoms with E-state index in [1.165, 1.54) is 0 Å². The molecule has 2 heterocycles. The highest BCUT2D eigenvalue weighted by atomic mass is 127. The summed E-state index contributed by atoms with van der Waals surface area (Å²) in [6, 6.07) is 4.29. The standard InChI is InChI=1S/C17H30N4O3.HI/c1-15(21-8-12-23-13-9-21)14-20-17(19-7-11-22-2)18-6-5-16-4-3-10-24-16;/h3-4,10,15H,5-9,11-14H2,1-2H3,(H2,18,19,20);1H. The van der Waals surface area contributed by atoms with Gasteiger partial charge < -0.3 is 24.5 Å². The summed E-state index contributed by atoms with van der Waals surface area (Å²) in [7, 11) is 1.70. The summed E-state index contributed by atoms with van der Waals surface area (Å²) in [5.74, 6) is 1.79. The lowest BCUT2D eigenvalue weighted by Crippen LogP contribution is -2.45. The number of nitrogens with zero attached hydrogens (tertiary/aromatic N) is 2. The molecule has 0 bridgehead atoms. The van der Waals surface area contributed by atoms with Crippen LogP contribution in [0.15, 0.2) is 27.8 Å². The lowest BCUT2D eigenvalue weighted by Gasteiger charge is -2.31. The fourth-order valence-electron chi connectivity index (χ4n) is 2.56. The summed E-state index contributed by atoms with van der Waals surface area (Å²) in [6.45, 7) is 8.71. The van der Waals surface area contributed by atoms with Crippen LogP contribution < -0.4 is 10.6 Å². The zero-order chi connectivity index (χ0) is 17.0. The number of rotatable bonds is 9. The number of ether oxygens (including phenoxy) is 2. The first-order chi connectivity index (χ1) is 11.8. The highest BCUT2D eigenvalue weighted by Crippen LogP contribution is 2.04. The molecule has 2 rings (SSSR count). The SMILES string of the molecule is COCCNC(=NCC(C)N1CCOCC1)NCCc1ccco1.I. The van der Waals surface area contributed by atoms with E-state index in [0.29, 0.717) is 12.6 Å². The molecule has 144 valence electrons. The van der Waals surface area contributed by atoms with Crippen LogP contribution >= 0.6 is 24.0 Å². The van der Waals surface area contributed by atoms with Crippen LogP contribution in [0.5, 0.6) is 0 Å². The smallest absolute Gasteiger partial charge is 0.191 e. The molecule has 1 aromatic rings. The maximum atomic E-state index is 5.40. The molecule has 0 aliphatic carbocycles. The third kappa shape index (κ3) is 8.89. The van der Waals surface area contributed by atoms with E-state index in [1.807, 2.05) is 12.1 Å². The molecule has 0 aromatic carbocycles. The molecule has 1 atom stereocenters. The van der Waals surface area contributed by atoms with Crippen LogP contribution in [-0.4, -0.2) is 76.6 Å². The quantitative estimate of drug-likeness (QED) is 0.248. The fraction of sp³-hybridized carbons (Fsp3) is 0.706. The Morgan fingerprint density at radius 1 is 1.32 bits per heavy atom. The monoisotopic (exact) mass is 466 g/mol. The second-order valence-corrected chi connectivity index (χ2v) is 5.86. The van der Waals surface area contributed by atoms with Crippen LogP contribution in [0, 0.1) is 0 Å². The van der Waals surface area contributed by atoms with Gasteiger partial charge in [-0.2, -0.15) is 0 Å². The van der Waals surface area contributed by atoms with E-state index in [9.17, 15) is 0 Å². The topological polar surface area (TPSA) is 71.3 Å². The summed E-state index contributed by atoms with van der Waals surface area (Å²) in [5.41, 5.74) is 0. The number of methoxy groups -OCH3 is 1. The predicted octanol–water partition coefficient (Wildman–Crippen LogP) is 1.34. The summed E-state index contributed by atoms with van der Waals surface area (Å²) in [5, 5.41) is 6.65. The van der Waals surface area contributed by atoms with Crippen LogP contribution in [-0.2, 0) is 15.9 Å². The average molecular weight is 466 g/mol. The first kappa shape index (κ1) is 22.2. The molecule has 1 aromatic heterocycles. The van der Waals surface area contributed by atoms with E-state index in [1.54, 1.807) is 13.4 Å². The Balaban J connectivity index is 0.00000312. The van der Waals surface area contributed by atoms with Crippen molar-refractivity contribution in [2.45, 2.75) is 19.4 Å². The van der Waals surface area contributed by atoms with Crippen molar-refractivity contribution in [1.29, 1.82) is 0 Å². The third-order valence-corrected chi connectivity index (χ3v) is 4.03. The minimum Gasteiger partial charge on any atom is -0.469 e. The molecule has 25 heavy (non-hydrogen) atoms. The van der Waals surface area contributed by atoms with Crippen molar-refractivity contribution >= 4 is 29.9 Å². The molecule has 0 saturated carbocycles. The van der Waals surface area contributed by atoms with Crippen molar-refractivity contribution in [2.24, 2.45) is 4.99 Å². The molecule has 7 nitrogen and oxygen atoms in total. The van der Waals surface area contributed by atoms with Gasteiger partial charge in [0, 0.05) is 45.8 Å². The minimum absolute atomic E-state index is 0. The maximum Gasteiger partial charge on any atom is 0.191 e. The summed E-state index contributed by atoms with van der Waals surface area (Å²) < 4.78 is 15.9. The van der Waals surface area contributed by atoms with Crippen LogP contribution in [0.4, 0.5) is 0 Å². The van der Waals surface area contributed by atoms with Crippen molar-refractivity contribution in [2.75, 3.05) is 59.7 Å². The number of aliphatic imine (C=N–C) groups is 1. The molecule has 1 unspecified atom stereocenters. The van der Waals surface area contributed by atoms with E-state index in [0.717, 1.165) is 64.1 Å². The van der Waals surface area contributed by atoms with Gasteiger partial charge in [-0.05, 0) is 19.1 Å². The molecule has 0 radical (unpaired) electrons. The van der Waals surface area contributed by atoms with E-state index in [-0.39, 0.29) is 24.0 Å². The van der Waals surface area contributed by atoms with Crippen LogP contribution in [0.2, 0.25) is 0 Å². The van der Waals surface area contributed by atoms with Crippen molar-refractivity contribution in [3.05, 3.63) is 24.2 Å². The van der Waals surface area contributed by atoms with Gasteiger partial charge in [-0.15, -0.1) is 24.0 Å². The lowest BCUT2D eigenvalue weighted by atomic mass is 10.2. The average Bonchev–Trinajstić information content (AvgIpc) is 3.13. The van der Waals surface area contributed by atoms with Gasteiger partial charge in [0.2, 0.25) is 0 Å². The zero-order valence-corrected chi connectivity index (χ0v) is 17.5. The number of hydrogen-bond acceptors (Lipinski definition) is 5. The Labute approximate surface area is 167 Å². The van der Waals surface area contributed by atoms with Gasteiger partial charge in [-0.1, -0.05) is 0 Å². The second kappa shape index (κ2) is 13.4. The minimum atomic E-state index is 0.